The zero-order chi connectivity index (χ0) is 12.9. The van der Waals surface area contributed by atoms with E-state index in [4.69, 9.17) is 0 Å². The van der Waals surface area contributed by atoms with E-state index in [0.29, 0.717) is 0 Å². The van der Waals surface area contributed by atoms with Crippen molar-refractivity contribution in [2.45, 2.75) is 38.9 Å². The lowest BCUT2D eigenvalue weighted by molar-refractivity contribution is -0.140. The van der Waals surface area contributed by atoms with Gasteiger partial charge in [0.1, 0.15) is 0 Å². The van der Waals surface area contributed by atoms with Gasteiger partial charge in [-0.25, -0.2) is 0 Å². The van der Waals surface area contributed by atoms with Gasteiger partial charge in [0.15, 0.2) is 0 Å². The molecular weight excluding hydrogens is 210 g/mol. The number of hydrogen-bond donors (Lipinski definition) is 2. The Balaban J connectivity index is 3.23. The second-order valence-corrected chi connectivity index (χ2v) is 5.50. The third kappa shape index (κ3) is 1.97. The number of imide groups is 1. The molecule has 0 saturated carbocycles. The lowest BCUT2D eigenvalue weighted by Gasteiger charge is -2.33. The second-order valence-electron chi connectivity index (χ2n) is 5.50. The number of rotatable bonds is 2. The highest BCUT2D eigenvalue weighted by atomic mass is 16.3. The Labute approximate surface area is 95.1 Å². The molecule has 1 rings (SSSR count). The van der Waals surface area contributed by atoms with Crippen LogP contribution >= 0.6 is 0 Å². The third-order valence-corrected chi connectivity index (χ3v) is 3.05. The van der Waals surface area contributed by atoms with E-state index >= 15 is 0 Å². The monoisotopic (exact) mass is 229 g/mol. The fourth-order valence-corrected chi connectivity index (χ4v) is 2.23. The van der Waals surface area contributed by atoms with Crippen LogP contribution in [0.3, 0.4) is 0 Å². The summed E-state index contributed by atoms with van der Waals surface area (Å²) in [6, 6.07) is 0. The van der Waals surface area contributed by atoms with Gasteiger partial charge in [0.25, 0.3) is 0 Å². The molecule has 1 aliphatic heterocycles. The highest BCUT2D eigenvalue weighted by molar-refractivity contribution is 6.05. The molecule has 5 nitrogen and oxygen atoms in total. The van der Waals surface area contributed by atoms with Crippen LogP contribution in [0, 0.1) is 11.8 Å². The summed E-state index contributed by atoms with van der Waals surface area (Å²) in [5.74, 6) is -2.68. The Hall–Kier alpha value is -0.940. The first kappa shape index (κ1) is 13.1. The van der Waals surface area contributed by atoms with Crippen molar-refractivity contribution >= 4 is 11.8 Å². The predicted molar refractivity (Wildman–Crippen MR) is 57.4 cm³/mol. The van der Waals surface area contributed by atoms with Crippen LogP contribution in [-0.4, -0.2) is 45.2 Å². The quantitative estimate of drug-likeness (QED) is 0.641. The summed E-state index contributed by atoms with van der Waals surface area (Å²) < 4.78 is 0. The van der Waals surface area contributed by atoms with E-state index in [1.54, 1.807) is 0 Å². The molecule has 16 heavy (non-hydrogen) atoms. The Kier molecular flexibility index (Phi) is 2.90. The number of carbonyl (C=O) groups is 2. The Morgan fingerprint density at radius 3 is 1.38 bits per heavy atom. The maximum Gasteiger partial charge on any atom is 0.235 e. The van der Waals surface area contributed by atoms with Gasteiger partial charge < -0.3 is 10.2 Å². The van der Waals surface area contributed by atoms with Gasteiger partial charge in [-0.05, 0) is 27.7 Å². The molecule has 0 radical (unpaired) electrons. The van der Waals surface area contributed by atoms with Crippen LogP contribution < -0.4 is 0 Å². The summed E-state index contributed by atoms with van der Waals surface area (Å²) >= 11 is 0. The van der Waals surface area contributed by atoms with Gasteiger partial charge in [0.05, 0.1) is 23.0 Å². The van der Waals surface area contributed by atoms with Crippen molar-refractivity contribution in [2.75, 3.05) is 7.05 Å². The smallest absolute Gasteiger partial charge is 0.235 e. The average molecular weight is 229 g/mol. The number of likely N-dealkylation sites (tertiary alicyclic amines) is 1. The average Bonchev–Trinajstić information content (AvgIpc) is 2.27. The van der Waals surface area contributed by atoms with Gasteiger partial charge in [-0.3, -0.25) is 14.5 Å². The first-order valence-corrected chi connectivity index (χ1v) is 5.24. The summed E-state index contributed by atoms with van der Waals surface area (Å²) in [7, 11) is 1.37. The molecule has 0 aromatic heterocycles. The lowest BCUT2D eigenvalue weighted by Crippen LogP contribution is -2.47. The summed E-state index contributed by atoms with van der Waals surface area (Å²) in [4.78, 5) is 24.7. The lowest BCUT2D eigenvalue weighted by atomic mass is 9.74. The fraction of sp³-hybridized carbons (Fsp3) is 0.818. The van der Waals surface area contributed by atoms with Crippen molar-refractivity contribution in [3.05, 3.63) is 0 Å². The van der Waals surface area contributed by atoms with Crippen molar-refractivity contribution in [1.82, 2.24) is 4.90 Å². The van der Waals surface area contributed by atoms with Crippen molar-refractivity contribution < 1.29 is 19.8 Å². The minimum Gasteiger partial charge on any atom is -0.390 e. The molecule has 0 aromatic rings. The maximum atomic E-state index is 11.9. The molecule has 2 amide bonds. The number of nitrogens with zero attached hydrogens (tertiary/aromatic N) is 1. The van der Waals surface area contributed by atoms with E-state index in [1.807, 2.05) is 0 Å². The third-order valence-electron chi connectivity index (χ3n) is 3.05. The van der Waals surface area contributed by atoms with Crippen molar-refractivity contribution in [2.24, 2.45) is 11.8 Å². The maximum absolute atomic E-state index is 11.9. The van der Waals surface area contributed by atoms with Crippen LogP contribution in [0.2, 0.25) is 0 Å². The summed E-state index contributed by atoms with van der Waals surface area (Å²) in [6.07, 6.45) is 0. The molecule has 1 saturated heterocycles. The minimum atomic E-state index is -1.33. The topological polar surface area (TPSA) is 77.8 Å². The van der Waals surface area contributed by atoms with Crippen LogP contribution in [0.4, 0.5) is 0 Å². The van der Waals surface area contributed by atoms with E-state index in [-0.39, 0.29) is 0 Å². The van der Waals surface area contributed by atoms with Crippen molar-refractivity contribution in [1.29, 1.82) is 0 Å². The van der Waals surface area contributed by atoms with E-state index in [2.05, 4.69) is 0 Å². The number of carbonyl (C=O) groups excluding carboxylic acids is 2. The Morgan fingerprint density at radius 2 is 1.19 bits per heavy atom. The molecule has 92 valence electrons. The molecule has 0 bridgehead atoms. The minimum absolute atomic E-state index is 0.440. The van der Waals surface area contributed by atoms with E-state index in [1.165, 1.54) is 34.7 Å². The first-order chi connectivity index (χ1) is 6.98. The van der Waals surface area contributed by atoms with Crippen LogP contribution in [0.1, 0.15) is 27.7 Å². The fourth-order valence-electron chi connectivity index (χ4n) is 2.23. The summed E-state index contributed by atoms with van der Waals surface area (Å²) in [6.45, 7) is 5.89. The van der Waals surface area contributed by atoms with Gasteiger partial charge in [0, 0.05) is 7.05 Å². The highest BCUT2D eigenvalue weighted by Crippen LogP contribution is 2.39. The number of hydrogen-bond acceptors (Lipinski definition) is 4. The zero-order valence-electron chi connectivity index (χ0n) is 10.3. The van der Waals surface area contributed by atoms with Crippen molar-refractivity contribution in [3.8, 4) is 0 Å². The molecule has 2 N–H and O–H groups in total. The Morgan fingerprint density at radius 1 is 0.938 bits per heavy atom. The molecule has 1 heterocycles. The number of aliphatic hydroxyl groups is 2. The zero-order valence-corrected chi connectivity index (χ0v) is 10.3. The molecule has 2 unspecified atom stereocenters. The number of amides is 2. The molecule has 1 aliphatic rings. The molecular formula is C11H19NO4. The molecule has 0 aliphatic carbocycles. The van der Waals surface area contributed by atoms with Gasteiger partial charge in [-0.2, -0.15) is 0 Å². The van der Waals surface area contributed by atoms with E-state index in [0.717, 1.165) is 4.90 Å². The molecule has 5 heteroatoms. The molecule has 2 atom stereocenters. The standard InChI is InChI=1S/C11H19NO4/c1-10(2,15)6-7(11(3,4)16)9(14)12(5)8(6)13/h6-7,15-16H,1-5H3. The van der Waals surface area contributed by atoms with Crippen LogP contribution in [0.5, 0.6) is 0 Å². The Bertz CT molecular complexity index is 292. The van der Waals surface area contributed by atoms with E-state index in [9.17, 15) is 19.8 Å². The molecule has 0 aromatic carbocycles. The van der Waals surface area contributed by atoms with Gasteiger partial charge >= 0.3 is 0 Å². The predicted octanol–water partition coefficient (Wildman–Crippen LogP) is -0.241. The van der Waals surface area contributed by atoms with Gasteiger partial charge in [-0.15, -0.1) is 0 Å². The normalized spacial score (nSPS) is 27.8. The van der Waals surface area contributed by atoms with Crippen LogP contribution in [0.25, 0.3) is 0 Å². The van der Waals surface area contributed by atoms with Gasteiger partial charge in [-0.1, -0.05) is 0 Å². The van der Waals surface area contributed by atoms with Crippen LogP contribution in [0.15, 0.2) is 0 Å². The SMILES string of the molecule is CN1C(=O)C(C(C)(C)O)C(C(C)(C)O)C1=O. The molecule has 1 fully saturated rings. The highest BCUT2D eigenvalue weighted by Gasteiger charge is 2.57. The van der Waals surface area contributed by atoms with Crippen LogP contribution in [-0.2, 0) is 9.59 Å². The largest absolute Gasteiger partial charge is 0.390 e. The van der Waals surface area contributed by atoms with E-state index < -0.39 is 34.9 Å². The molecule has 0 spiro atoms. The first-order valence-electron chi connectivity index (χ1n) is 5.24. The van der Waals surface area contributed by atoms with Crippen molar-refractivity contribution in [3.63, 3.8) is 0 Å². The second kappa shape index (κ2) is 3.53. The van der Waals surface area contributed by atoms with Gasteiger partial charge in [0.2, 0.25) is 11.8 Å². The summed E-state index contributed by atoms with van der Waals surface area (Å²) in [5, 5.41) is 19.9. The summed E-state index contributed by atoms with van der Waals surface area (Å²) in [5.41, 5.74) is -2.66.